The van der Waals surface area contributed by atoms with Crippen LogP contribution in [-0.4, -0.2) is 27.8 Å². The molecular weight excluding hydrogens is 270 g/mol. The van der Waals surface area contributed by atoms with Gasteiger partial charge in [-0.1, -0.05) is 5.16 Å². The van der Waals surface area contributed by atoms with Gasteiger partial charge in [0.1, 0.15) is 11.3 Å². The first kappa shape index (κ1) is 13.8. The van der Waals surface area contributed by atoms with Crippen molar-refractivity contribution in [1.82, 2.24) is 15.5 Å². The van der Waals surface area contributed by atoms with Gasteiger partial charge >= 0.3 is 5.97 Å². The smallest absolute Gasteiger partial charge is 0.341 e. The van der Waals surface area contributed by atoms with Gasteiger partial charge in [-0.2, -0.15) is 0 Å². The van der Waals surface area contributed by atoms with Crippen molar-refractivity contribution in [2.45, 2.75) is 25.8 Å². The summed E-state index contributed by atoms with van der Waals surface area (Å²) in [7, 11) is 0. The summed E-state index contributed by atoms with van der Waals surface area (Å²) >= 11 is 0. The van der Waals surface area contributed by atoms with E-state index in [1.165, 1.54) is 12.8 Å². The Balaban J connectivity index is 1.90. The molecule has 0 aromatic carbocycles. The van der Waals surface area contributed by atoms with E-state index in [4.69, 9.17) is 4.52 Å². The standard InChI is InChI=1S/C15H17N3O3/c1-9(17-7-10-4-5-10)14-12(15(19)20)13(18-21-14)11-3-2-6-16-8-11/h2-3,6,8-10,17H,4-5,7H2,1H3,(H,19,20). The van der Waals surface area contributed by atoms with Gasteiger partial charge in [0.05, 0.1) is 6.04 Å². The zero-order valence-electron chi connectivity index (χ0n) is 11.7. The van der Waals surface area contributed by atoms with Crippen molar-refractivity contribution in [3.63, 3.8) is 0 Å². The van der Waals surface area contributed by atoms with Crippen LogP contribution in [0.5, 0.6) is 0 Å². The lowest BCUT2D eigenvalue weighted by atomic mass is 10.0. The quantitative estimate of drug-likeness (QED) is 0.848. The number of hydrogen-bond donors (Lipinski definition) is 2. The summed E-state index contributed by atoms with van der Waals surface area (Å²) in [6, 6.07) is 3.32. The van der Waals surface area contributed by atoms with Gasteiger partial charge in [-0.3, -0.25) is 4.98 Å². The molecule has 3 rings (SSSR count). The number of pyridine rings is 1. The number of carboxylic acids is 1. The molecule has 2 aromatic rings. The highest BCUT2D eigenvalue weighted by Gasteiger charge is 2.28. The van der Waals surface area contributed by atoms with Gasteiger partial charge in [-0.15, -0.1) is 0 Å². The van der Waals surface area contributed by atoms with E-state index in [2.05, 4.69) is 15.5 Å². The van der Waals surface area contributed by atoms with Gasteiger partial charge in [0, 0.05) is 18.0 Å². The number of aromatic carboxylic acids is 1. The van der Waals surface area contributed by atoms with E-state index in [-0.39, 0.29) is 11.6 Å². The molecule has 1 fully saturated rings. The molecule has 2 aromatic heterocycles. The van der Waals surface area contributed by atoms with E-state index in [9.17, 15) is 9.90 Å². The number of carboxylic acid groups (broad SMARTS) is 1. The number of hydrogen-bond acceptors (Lipinski definition) is 5. The van der Waals surface area contributed by atoms with Crippen LogP contribution in [0.3, 0.4) is 0 Å². The predicted octanol–water partition coefficient (Wildman–Crippen LogP) is 2.50. The third-order valence-electron chi connectivity index (χ3n) is 3.67. The molecule has 2 heterocycles. The Kier molecular flexibility index (Phi) is 3.70. The topological polar surface area (TPSA) is 88.3 Å². The second kappa shape index (κ2) is 5.65. The van der Waals surface area contributed by atoms with E-state index in [0.717, 1.165) is 6.54 Å². The minimum Gasteiger partial charge on any atom is -0.477 e. The molecule has 0 spiro atoms. The largest absolute Gasteiger partial charge is 0.477 e. The monoisotopic (exact) mass is 287 g/mol. The third kappa shape index (κ3) is 2.95. The Bertz CT molecular complexity index is 635. The lowest BCUT2D eigenvalue weighted by molar-refractivity contribution is 0.0694. The normalized spacial score (nSPS) is 15.9. The minimum atomic E-state index is -1.04. The molecule has 0 aliphatic heterocycles. The third-order valence-corrected chi connectivity index (χ3v) is 3.67. The molecule has 2 N–H and O–H groups in total. The fourth-order valence-electron chi connectivity index (χ4n) is 2.26. The van der Waals surface area contributed by atoms with Crippen LogP contribution in [0, 0.1) is 5.92 Å². The molecule has 1 atom stereocenters. The zero-order valence-corrected chi connectivity index (χ0v) is 11.7. The summed E-state index contributed by atoms with van der Waals surface area (Å²) in [6.07, 6.45) is 5.69. The first-order chi connectivity index (χ1) is 10.2. The number of rotatable bonds is 6. The Morgan fingerprint density at radius 2 is 2.38 bits per heavy atom. The lowest BCUT2D eigenvalue weighted by Crippen LogP contribution is -2.22. The molecular formula is C15H17N3O3. The first-order valence-corrected chi connectivity index (χ1v) is 7.03. The summed E-state index contributed by atoms with van der Waals surface area (Å²) in [6.45, 7) is 2.77. The molecule has 1 aliphatic rings. The molecule has 110 valence electrons. The Hall–Kier alpha value is -2.21. The van der Waals surface area contributed by atoms with Gasteiger partial charge in [-0.05, 0) is 44.4 Å². The minimum absolute atomic E-state index is 0.110. The zero-order chi connectivity index (χ0) is 14.8. The lowest BCUT2D eigenvalue weighted by Gasteiger charge is -2.10. The highest BCUT2D eigenvalue weighted by atomic mass is 16.5. The molecule has 0 amide bonds. The molecule has 21 heavy (non-hydrogen) atoms. The molecule has 1 saturated carbocycles. The second-order valence-electron chi connectivity index (χ2n) is 5.39. The number of nitrogens with zero attached hydrogens (tertiary/aromatic N) is 2. The van der Waals surface area contributed by atoms with E-state index in [1.54, 1.807) is 24.5 Å². The highest BCUT2D eigenvalue weighted by Crippen LogP contribution is 2.31. The van der Waals surface area contributed by atoms with Gasteiger partial charge in [0.2, 0.25) is 0 Å². The van der Waals surface area contributed by atoms with Crippen molar-refractivity contribution in [2.75, 3.05) is 6.54 Å². The van der Waals surface area contributed by atoms with Crippen LogP contribution >= 0.6 is 0 Å². The van der Waals surface area contributed by atoms with Crippen LogP contribution in [0.25, 0.3) is 11.3 Å². The predicted molar refractivity (Wildman–Crippen MR) is 75.8 cm³/mol. The summed E-state index contributed by atoms with van der Waals surface area (Å²) in [5.41, 5.74) is 1.07. The van der Waals surface area contributed by atoms with Crippen LogP contribution in [0.2, 0.25) is 0 Å². The molecule has 6 heteroatoms. The van der Waals surface area contributed by atoms with Crippen LogP contribution in [0.4, 0.5) is 0 Å². The Morgan fingerprint density at radius 3 is 3.00 bits per heavy atom. The molecule has 1 aliphatic carbocycles. The van der Waals surface area contributed by atoms with Crippen LogP contribution in [0.1, 0.15) is 41.9 Å². The first-order valence-electron chi connectivity index (χ1n) is 7.03. The number of carbonyl (C=O) groups is 1. The van der Waals surface area contributed by atoms with Crippen LogP contribution in [-0.2, 0) is 0 Å². The van der Waals surface area contributed by atoms with E-state index in [0.29, 0.717) is 22.9 Å². The highest BCUT2D eigenvalue weighted by molar-refractivity contribution is 5.95. The average molecular weight is 287 g/mol. The fourth-order valence-corrected chi connectivity index (χ4v) is 2.26. The summed E-state index contributed by atoms with van der Waals surface area (Å²) in [5, 5.41) is 16.7. The Morgan fingerprint density at radius 1 is 1.57 bits per heavy atom. The van der Waals surface area contributed by atoms with Crippen molar-refractivity contribution in [3.05, 3.63) is 35.9 Å². The average Bonchev–Trinajstić information content (AvgIpc) is 3.21. The van der Waals surface area contributed by atoms with E-state index < -0.39 is 5.97 Å². The molecule has 6 nitrogen and oxygen atoms in total. The van der Waals surface area contributed by atoms with E-state index >= 15 is 0 Å². The maximum absolute atomic E-state index is 11.6. The second-order valence-corrected chi connectivity index (χ2v) is 5.39. The van der Waals surface area contributed by atoms with Crippen molar-refractivity contribution in [2.24, 2.45) is 5.92 Å². The van der Waals surface area contributed by atoms with Crippen molar-refractivity contribution in [1.29, 1.82) is 0 Å². The van der Waals surface area contributed by atoms with Crippen LogP contribution < -0.4 is 5.32 Å². The molecule has 0 radical (unpaired) electrons. The van der Waals surface area contributed by atoms with Gasteiger partial charge in [-0.25, -0.2) is 4.79 Å². The SMILES string of the molecule is CC(NCC1CC1)c1onc(-c2cccnc2)c1C(=O)O. The Labute approximate surface area is 122 Å². The summed E-state index contributed by atoms with van der Waals surface area (Å²) in [5.74, 6) is 0.0358. The maximum atomic E-state index is 11.6. The maximum Gasteiger partial charge on any atom is 0.341 e. The van der Waals surface area contributed by atoms with Crippen molar-refractivity contribution < 1.29 is 14.4 Å². The van der Waals surface area contributed by atoms with Gasteiger partial charge in [0.25, 0.3) is 0 Å². The number of nitrogens with one attached hydrogen (secondary N) is 1. The molecule has 1 unspecified atom stereocenters. The summed E-state index contributed by atoms with van der Waals surface area (Å²) < 4.78 is 5.30. The van der Waals surface area contributed by atoms with Crippen molar-refractivity contribution >= 4 is 5.97 Å². The summed E-state index contributed by atoms with van der Waals surface area (Å²) in [4.78, 5) is 15.6. The van der Waals surface area contributed by atoms with Gasteiger partial charge in [0.15, 0.2) is 5.76 Å². The van der Waals surface area contributed by atoms with Crippen molar-refractivity contribution in [3.8, 4) is 11.3 Å². The molecule has 0 bridgehead atoms. The molecule has 0 saturated heterocycles. The van der Waals surface area contributed by atoms with E-state index in [1.807, 2.05) is 6.92 Å². The van der Waals surface area contributed by atoms with Crippen LogP contribution in [0.15, 0.2) is 29.0 Å². The van der Waals surface area contributed by atoms with Gasteiger partial charge < -0.3 is 14.9 Å². The fraction of sp³-hybridized carbons (Fsp3) is 0.400. The number of aromatic nitrogens is 2.